The monoisotopic (exact) mass is 1030 g/mol. The van der Waals surface area contributed by atoms with Gasteiger partial charge in [0.15, 0.2) is 0 Å². The molecule has 2 N–H and O–H groups in total. The van der Waals surface area contributed by atoms with Crippen molar-refractivity contribution < 1.29 is 42.6 Å². The van der Waals surface area contributed by atoms with Crippen LogP contribution in [0.2, 0.25) is 0 Å². The first-order valence-corrected chi connectivity index (χ1v) is 26.5. The summed E-state index contributed by atoms with van der Waals surface area (Å²) in [4.78, 5) is 79.7. The van der Waals surface area contributed by atoms with E-state index >= 15 is 9.18 Å². The van der Waals surface area contributed by atoms with Crippen molar-refractivity contribution in [2.75, 3.05) is 53.7 Å². The topological polar surface area (TPSA) is 168 Å². The van der Waals surface area contributed by atoms with Crippen molar-refractivity contribution in [2.24, 2.45) is 17.3 Å². The number of aryl methyl sites for hydroxylation is 1. The molecule has 0 unspecified atom stereocenters. The highest BCUT2D eigenvalue weighted by atomic mass is 28.1. The van der Waals surface area contributed by atoms with Crippen molar-refractivity contribution in [1.82, 2.24) is 40.0 Å². The molecule has 5 atom stereocenters. The van der Waals surface area contributed by atoms with E-state index in [-0.39, 0.29) is 49.6 Å². The molecule has 16 nitrogen and oxygen atoms in total. The van der Waals surface area contributed by atoms with E-state index in [9.17, 15) is 19.2 Å². The zero-order valence-corrected chi connectivity index (χ0v) is 45.2. The van der Waals surface area contributed by atoms with Gasteiger partial charge in [-0.25, -0.2) is 14.6 Å². The number of rotatable bonds is 11. The van der Waals surface area contributed by atoms with E-state index in [2.05, 4.69) is 71.1 Å². The van der Waals surface area contributed by atoms with Gasteiger partial charge >= 0.3 is 12.0 Å². The number of cyclic esters (lactones) is 1. The summed E-state index contributed by atoms with van der Waals surface area (Å²) in [5.41, 5.74) is 8.60. The molecular formula is C56H72FN8O8Si. The van der Waals surface area contributed by atoms with Crippen molar-refractivity contribution in [1.29, 1.82) is 0 Å². The standard InChI is InChI=1S/C56H72FN8O8Si/c1-10-46(66)63-31-56(73-33-63)18-22-62(23-19-56)54(70)61(8)48(34(3)4)50(67)59-51(74)42-27-36-24-37(30-57)26-39(25-36)38-16-17-45-41(28-38)43(49(64(45)11-2)40-14-12-20-58-47(40)35(5)71-9)29-55(6,7)32-72-53(69)44-15-13-21-65(60-44)52(42)68/h10,12,14,16-17,20,24-26,28,34-35,42,44,48,51,60H,1,11,13,15,18-19,21-23,27,29-33H2,2-9H3,(H,59,67)/t35-,42+,44-,48-,51+/m0/s1. The summed E-state index contributed by atoms with van der Waals surface area (Å²) in [7, 11) is 7.08. The van der Waals surface area contributed by atoms with Crippen LogP contribution >= 0.6 is 0 Å². The van der Waals surface area contributed by atoms with Crippen molar-refractivity contribution in [3.8, 4) is 22.4 Å². The largest absolute Gasteiger partial charge is 0.464 e. The summed E-state index contributed by atoms with van der Waals surface area (Å²) < 4.78 is 35.4. The Morgan fingerprint density at radius 3 is 2.51 bits per heavy atom. The van der Waals surface area contributed by atoms with Crippen LogP contribution in [0.4, 0.5) is 9.18 Å². The molecule has 3 fully saturated rings. The molecule has 4 aliphatic heterocycles. The van der Waals surface area contributed by atoms with Crippen LogP contribution in [0.5, 0.6) is 0 Å². The van der Waals surface area contributed by atoms with Crippen LogP contribution in [0.1, 0.15) is 95.7 Å². The minimum Gasteiger partial charge on any atom is -0.464 e. The maximum atomic E-state index is 15.1. The van der Waals surface area contributed by atoms with E-state index in [0.717, 1.165) is 44.5 Å². The number of esters is 1. The van der Waals surface area contributed by atoms with Crippen molar-refractivity contribution in [3.63, 3.8) is 0 Å². The minimum atomic E-state index is -0.974. The third-order valence-corrected chi connectivity index (χ3v) is 15.9. The van der Waals surface area contributed by atoms with Crippen LogP contribution in [-0.4, -0.2) is 146 Å². The number of hydrogen-bond donors (Lipinski definition) is 2. The number of nitrogens with one attached hydrogen (secondary N) is 2. The quantitative estimate of drug-likeness (QED) is 0.0920. The van der Waals surface area contributed by atoms with E-state index in [4.69, 9.17) is 19.2 Å². The number of carbonyl (C=O) groups excluding carboxylic acids is 5. The minimum absolute atomic E-state index is 0.0788. The number of amides is 5. The molecule has 3 radical (unpaired) electrons. The predicted octanol–water partition coefficient (Wildman–Crippen LogP) is 6.87. The highest BCUT2D eigenvalue weighted by Gasteiger charge is 2.45. The summed E-state index contributed by atoms with van der Waals surface area (Å²) in [6.45, 7) is 17.2. The number of likely N-dealkylation sites (N-methyl/N-ethyl adjacent to an activating group) is 1. The van der Waals surface area contributed by atoms with Gasteiger partial charge in [-0.2, -0.15) is 0 Å². The first kappa shape index (κ1) is 54.3. The lowest BCUT2D eigenvalue weighted by atomic mass is 9.84. The third kappa shape index (κ3) is 11.2. The summed E-state index contributed by atoms with van der Waals surface area (Å²) in [5.74, 6) is -2.83. The number of hydrazine groups is 1. The second kappa shape index (κ2) is 22.5. The molecule has 3 saturated heterocycles. The molecule has 4 aromatic rings. The van der Waals surface area contributed by atoms with Gasteiger partial charge in [-0.1, -0.05) is 52.5 Å². The number of ether oxygens (including phenoxy) is 3. The van der Waals surface area contributed by atoms with Gasteiger partial charge in [0.25, 0.3) is 0 Å². The molecule has 0 saturated carbocycles. The maximum absolute atomic E-state index is 15.1. The normalized spacial score (nSPS) is 21.3. The Hall–Kier alpha value is -5.95. The molecule has 6 heterocycles. The molecule has 6 bridgehead atoms. The Labute approximate surface area is 437 Å². The average molecular weight is 1030 g/mol. The van der Waals surface area contributed by atoms with Crippen molar-refractivity contribution in [3.05, 3.63) is 89.8 Å². The molecular weight excluding hydrogens is 960 g/mol. The lowest BCUT2D eigenvalue weighted by molar-refractivity contribution is -0.155. The fourth-order valence-electron chi connectivity index (χ4n) is 11.3. The highest BCUT2D eigenvalue weighted by Crippen LogP contribution is 2.42. The zero-order valence-electron chi connectivity index (χ0n) is 44.2. The summed E-state index contributed by atoms with van der Waals surface area (Å²) >= 11 is 0. The molecule has 1 spiro atoms. The summed E-state index contributed by atoms with van der Waals surface area (Å²) in [6.07, 6.45) is 5.36. The second-order valence-corrected chi connectivity index (χ2v) is 22.2. The molecule has 74 heavy (non-hydrogen) atoms. The number of urea groups is 1. The molecule has 2 aromatic heterocycles. The Kier molecular flexibility index (Phi) is 16.5. The van der Waals surface area contributed by atoms with Crippen molar-refractivity contribution >= 4 is 50.9 Å². The van der Waals surface area contributed by atoms with Gasteiger partial charge in [0.05, 0.1) is 52.4 Å². The molecule has 18 heteroatoms. The Bertz CT molecular complexity index is 2770. The fourth-order valence-corrected chi connectivity index (χ4v) is 11.8. The van der Waals surface area contributed by atoms with E-state index < -0.39 is 53.2 Å². The van der Waals surface area contributed by atoms with Gasteiger partial charge in [-0.15, -0.1) is 0 Å². The number of halogens is 1. The van der Waals surface area contributed by atoms with Crippen LogP contribution in [-0.2, 0) is 59.4 Å². The first-order valence-electron chi connectivity index (χ1n) is 26.0. The summed E-state index contributed by atoms with van der Waals surface area (Å²) in [6, 6.07) is 13.8. The molecule has 395 valence electrons. The zero-order chi connectivity index (χ0) is 53.2. The molecule has 4 aliphatic rings. The van der Waals surface area contributed by atoms with Crippen molar-refractivity contribution in [2.45, 2.75) is 123 Å². The van der Waals surface area contributed by atoms with Gasteiger partial charge in [0.2, 0.25) is 17.7 Å². The SMILES string of the molecule is C=CC(=O)N1COC2(CCN(C(=O)N(C)[C@H](C(=O)N[C@H]([Si])[C@H]3Cc4cc(CF)cc(c4)-c4ccc5c(c4)c(c(-c4cccnc4[C@H](C)OC)n5CC)CC(C)(C)COC(=O)[C@@H]4CCCN(N4)C3=O)C(C)C)CC2)C1. The lowest BCUT2D eigenvalue weighted by Gasteiger charge is -2.41. The van der Waals surface area contributed by atoms with E-state index in [0.29, 0.717) is 76.0 Å². The third-order valence-electron chi connectivity index (χ3n) is 15.4. The van der Waals surface area contributed by atoms with Crippen LogP contribution in [0.3, 0.4) is 0 Å². The number of benzene rings is 2. The highest BCUT2D eigenvalue weighted by molar-refractivity contribution is 6.15. The molecule has 8 rings (SSSR count). The number of aromatic nitrogens is 2. The predicted molar refractivity (Wildman–Crippen MR) is 281 cm³/mol. The van der Waals surface area contributed by atoms with Crippen LogP contribution in [0.25, 0.3) is 33.3 Å². The van der Waals surface area contributed by atoms with Crippen LogP contribution < -0.4 is 10.7 Å². The molecule has 2 aromatic carbocycles. The Balaban J connectivity index is 1.14. The number of fused-ring (bicyclic) bond motifs is 6. The van der Waals surface area contributed by atoms with E-state index in [1.165, 1.54) is 16.0 Å². The number of pyridine rings is 1. The first-order chi connectivity index (χ1) is 35.3. The van der Waals surface area contributed by atoms with E-state index in [1.54, 1.807) is 36.2 Å². The number of alkyl halides is 1. The number of nitrogens with zero attached hydrogens (tertiary/aromatic N) is 6. The van der Waals surface area contributed by atoms with Gasteiger partial charge < -0.3 is 38.8 Å². The molecule has 5 amide bonds. The van der Waals surface area contributed by atoms with Crippen LogP contribution in [0, 0.1) is 17.3 Å². The lowest BCUT2D eigenvalue weighted by Crippen LogP contribution is -2.61. The van der Waals surface area contributed by atoms with Gasteiger partial charge in [0, 0.05) is 74.1 Å². The fraction of sp³-hybridized carbons (Fsp3) is 0.536. The van der Waals surface area contributed by atoms with E-state index in [1.807, 2.05) is 45.0 Å². The van der Waals surface area contributed by atoms with Gasteiger partial charge in [-0.05, 0) is 123 Å². The number of likely N-dealkylation sites (tertiary alicyclic amines) is 1. The van der Waals surface area contributed by atoms with Crippen LogP contribution in [0.15, 0.2) is 67.4 Å². The van der Waals surface area contributed by atoms with Gasteiger partial charge in [0.1, 0.15) is 25.5 Å². The number of hydrogen-bond acceptors (Lipinski definition) is 10. The second-order valence-electron chi connectivity index (χ2n) is 21.6. The summed E-state index contributed by atoms with van der Waals surface area (Å²) in [5, 5.41) is 5.50. The smallest absolute Gasteiger partial charge is 0.324 e. The number of piperidine rings is 1. The maximum Gasteiger partial charge on any atom is 0.324 e. The Morgan fingerprint density at radius 2 is 1.82 bits per heavy atom. The average Bonchev–Trinajstić information content (AvgIpc) is 3.95. The number of carbonyl (C=O) groups is 5. The molecule has 0 aliphatic carbocycles. The number of methoxy groups -OCH3 is 1. The van der Waals surface area contributed by atoms with Gasteiger partial charge in [-0.3, -0.25) is 29.2 Å². The Morgan fingerprint density at radius 1 is 1.07 bits per heavy atom.